The second kappa shape index (κ2) is 12.3. The van der Waals surface area contributed by atoms with Crippen LogP contribution in [0.2, 0.25) is 0 Å². The average molecular weight is 551 g/mol. The Morgan fingerprint density at radius 2 is 0.829 bits per heavy atom. The van der Waals surface area contributed by atoms with Gasteiger partial charge in [-0.25, -0.2) is 0 Å². The smallest absolute Gasteiger partial charge is 0.128 e. The molecular formula is C36H38O5. The molecule has 41 heavy (non-hydrogen) atoms. The van der Waals surface area contributed by atoms with E-state index in [-0.39, 0.29) is 23.0 Å². The van der Waals surface area contributed by atoms with E-state index in [1.165, 1.54) is 0 Å². The van der Waals surface area contributed by atoms with Gasteiger partial charge in [0, 0.05) is 35.1 Å². The Bertz CT molecular complexity index is 1460. The van der Waals surface area contributed by atoms with E-state index in [0.29, 0.717) is 59.4 Å². The zero-order chi connectivity index (χ0) is 29.8. The molecule has 0 aliphatic carbocycles. The van der Waals surface area contributed by atoms with Crippen molar-refractivity contribution < 1.29 is 25.2 Å². The van der Waals surface area contributed by atoms with Crippen molar-refractivity contribution in [1.82, 2.24) is 0 Å². The fourth-order valence-electron chi connectivity index (χ4n) is 5.34. The summed E-state index contributed by atoms with van der Waals surface area (Å²) < 4.78 is 6.38. The summed E-state index contributed by atoms with van der Waals surface area (Å²) in [7, 11) is 0. The molecule has 0 heterocycles. The zero-order valence-corrected chi connectivity index (χ0v) is 24.2. The van der Waals surface area contributed by atoms with Crippen molar-refractivity contribution in [1.29, 1.82) is 0 Å². The van der Waals surface area contributed by atoms with Crippen LogP contribution >= 0.6 is 0 Å². The Morgan fingerprint density at radius 1 is 0.512 bits per heavy atom. The minimum absolute atomic E-state index is 0.192. The van der Waals surface area contributed by atoms with Crippen molar-refractivity contribution in [3.05, 3.63) is 129 Å². The largest absolute Gasteiger partial charge is 0.507 e. The van der Waals surface area contributed by atoms with Crippen molar-refractivity contribution in [3.8, 4) is 34.5 Å². The van der Waals surface area contributed by atoms with Crippen LogP contribution < -0.4 is 4.74 Å². The van der Waals surface area contributed by atoms with E-state index in [1.54, 1.807) is 24.3 Å². The van der Waals surface area contributed by atoms with Gasteiger partial charge < -0.3 is 25.2 Å². The van der Waals surface area contributed by atoms with Gasteiger partial charge >= 0.3 is 0 Å². The second-order valence-electron chi connectivity index (χ2n) is 10.8. The van der Waals surface area contributed by atoms with E-state index in [4.69, 9.17) is 4.74 Å². The molecular weight excluding hydrogens is 512 g/mol. The van der Waals surface area contributed by atoms with Gasteiger partial charge in [-0.05, 0) is 98.2 Å². The van der Waals surface area contributed by atoms with E-state index < -0.39 is 0 Å². The molecule has 0 spiro atoms. The number of ether oxygens (including phenoxy) is 1. The Balaban J connectivity index is 1.74. The first-order valence-electron chi connectivity index (χ1n) is 13.7. The molecule has 4 aromatic rings. The van der Waals surface area contributed by atoms with Gasteiger partial charge in [-0.3, -0.25) is 0 Å². The van der Waals surface area contributed by atoms with Crippen molar-refractivity contribution in [2.75, 3.05) is 0 Å². The fourth-order valence-corrected chi connectivity index (χ4v) is 5.34. The molecule has 212 valence electrons. The third-order valence-corrected chi connectivity index (χ3v) is 7.34. The summed E-state index contributed by atoms with van der Waals surface area (Å²) in [6.07, 6.45) is 5.31. The number of phenols is 4. The van der Waals surface area contributed by atoms with Crippen LogP contribution in [-0.4, -0.2) is 20.4 Å². The summed E-state index contributed by atoms with van der Waals surface area (Å²) in [6, 6.07) is 14.9. The Hall–Kier alpha value is -4.64. The summed E-state index contributed by atoms with van der Waals surface area (Å²) in [5, 5.41) is 42.5. The monoisotopic (exact) mass is 550 g/mol. The molecule has 4 rings (SSSR count). The summed E-state index contributed by atoms with van der Waals surface area (Å²) in [5.41, 5.74) is 7.84. The number of aromatic hydroxyl groups is 4. The number of hydrogen-bond acceptors (Lipinski definition) is 5. The number of benzene rings is 4. The second-order valence-corrected chi connectivity index (χ2v) is 10.8. The minimum Gasteiger partial charge on any atom is -0.507 e. The van der Waals surface area contributed by atoms with Crippen molar-refractivity contribution in [3.63, 3.8) is 0 Å². The molecule has 0 saturated carbocycles. The maximum absolute atomic E-state index is 11.1. The first-order valence-corrected chi connectivity index (χ1v) is 13.7. The standard InChI is InChI=1S/C36H38O5/c1-7-9-27-17-31(19-29(35(27)39)15-25-11-21(3)33(37)22(4)12-25)41-32-18-28(10-8-2)36(40)30(20-32)16-26-13-23(5)34(38)24(6)14-26/h7-8,11-14,17-20,37-40H,1-2,9-10,15-16H2,3-6H3. The lowest BCUT2D eigenvalue weighted by molar-refractivity contribution is 0.447. The van der Waals surface area contributed by atoms with Crippen LogP contribution in [0.3, 0.4) is 0 Å². The third-order valence-electron chi connectivity index (χ3n) is 7.34. The van der Waals surface area contributed by atoms with Crippen LogP contribution in [0, 0.1) is 27.7 Å². The molecule has 0 unspecified atom stereocenters. The predicted molar refractivity (Wildman–Crippen MR) is 165 cm³/mol. The minimum atomic E-state index is 0.192. The number of hydrogen-bond donors (Lipinski definition) is 4. The SMILES string of the molecule is C=CCc1cc(Oc2cc(CC=C)c(O)c(Cc3cc(C)c(O)c(C)c3)c2)cc(Cc2cc(C)c(O)c(C)c2)c1O. The quantitative estimate of drug-likeness (QED) is 0.150. The first-order chi connectivity index (χ1) is 19.5. The van der Waals surface area contributed by atoms with Gasteiger partial charge in [0.2, 0.25) is 0 Å². The van der Waals surface area contributed by atoms with Gasteiger partial charge in [0.25, 0.3) is 0 Å². The highest BCUT2D eigenvalue weighted by Crippen LogP contribution is 2.37. The predicted octanol–water partition coefficient (Wildman–Crippen LogP) is 8.17. The number of rotatable bonds is 10. The Morgan fingerprint density at radius 3 is 1.15 bits per heavy atom. The lowest BCUT2D eigenvalue weighted by Crippen LogP contribution is -1.98. The van der Waals surface area contributed by atoms with E-state index in [9.17, 15) is 20.4 Å². The molecule has 0 saturated heterocycles. The number of aryl methyl sites for hydroxylation is 4. The van der Waals surface area contributed by atoms with Gasteiger partial charge in [0.15, 0.2) is 0 Å². The summed E-state index contributed by atoms with van der Waals surface area (Å²) in [6.45, 7) is 15.1. The van der Waals surface area contributed by atoms with E-state index in [1.807, 2.05) is 64.1 Å². The van der Waals surface area contributed by atoms with Crippen LogP contribution in [-0.2, 0) is 25.7 Å². The van der Waals surface area contributed by atoms with Crippen molar-refractivity contribution in [2.24, 2.45) is 0 Å². The van der Waals surface area contributed by atoms with Gasteiger partial charge in [0.05, 0.1) is 0 Å². The Kier molecular flexibility index (Phi) is 8.77. The van der Waals surface area contributed by atoms with Crippen LogP contribution in [0.1, 0.15) is 55.6 Å². The number of allylic oxidation sites excluding steroid dienone is 2. The van der Waals surface area contributed by atoms with E-state index in [2.05, 4.69) is 13.2 Å². The number of phenolic OH excluding ortho intramolecular Hbond substituents is 4. The molecule has 4 N–H and O–H groups in total. The zero-order valence-electron chi connectivity index (χ0n) is 24.2. The summed E-state index contributed by atoms with van der Waals surface area (Å²) in [4.78, 5) is 0. The molecule has 0 aromatic heterocycles. The molecule has 0 aliphatic heterocycles. The summed E-state index contributed by atoms with van der Waals surface area (Å²) in [5.74, 6) is 2.05. The van der Waals surface area contributed by atoms with Crippen molar-refractivity contribution in [2.45, 2.75) is 53.4 Å². The molecule has 0 aliphatic rings. The van der Waals surface area contributed by atoms with Gasteiger partial charge in [0.1, 0.15) is 34.5 Å². The van der Waals surface area contributed by atoms with Crippen LogP contribution in [0.4, 0.5) is 0 Å². The third kappa shape index (κ3) is 6.58. The molecule has 4 aromatic carbocycles. The van der Waals surface area contributed by atoms with E-state index in [0.717, 1.165) is 33.4 Å². The van der Waals surface area contributed by atoms with E-state index >= 15 is 0 Å². The van der Waals surface area contributed by atoms with Crippen molar-refractivity contribution >= 4 is 0 Å². The van der Waals surface area contributed by atoms with Crippen LogP contribution in [0.5, 0.6) is 34.5 Å². The fraction of sp³-hybridized carbons (Fsp3) is 0.222. The molecule has 0 atom stereocenters. The highest BCUT2D eigenvalue weighted by atomic mass is 16.5. The molecule has 5 nitrogen and oxygen atoms in total. The van der Waals surface area contributed by atoms with Crippen LogP contribution in [0.25, 0.3) is 0 Å². The summed E-state index contributed by atoms with van der Waals surface area (Å²) >= 11 is 0. The maximum Gasteiger partial charge on any atom is 0.128 e. The van der Waals surface area contributed by atoms with Gasteiger partial charge in [-0.1, -0.05) is 36.4 Å². The lowest BCUT2D eigenvalue weighted by Gasteiger charge is -2.17. The highest BCUT2D eigenvalue weighted by Gasteiger charge is 2.16. The van der Waals surface area contributed by atoms with Crippen LogP contribution in [0.15, 0.2) is 73.8 Å². The normalized spacial score (nSPS) is 10.9. The van der Waals surface area contributed by atoms with Gasteiger partial charge in [-0.15, -0.1) is 13.2 Å². The maximum atomic E-state index is 11.1. The lowest BCUT2D eigenvalue weighted by atomic mass is 9.96. The highest BCUT2D eigenvalue weighted by molar-refractivity contribution is 5.54. The molecule has 0 fully saturated rings. The van der Waals surface area contributed by atoms with Gasteiger partial charge in [-0.2, -0.15) is 0 Å². The molecule has 0 bridgehead atoms. The molecule has 0 amide bonds. The topological polar surface area (TPSA) is 90.2 Å². The Labute approximate surface area is 242 Å². The molecule has 5 heteroatoms. The molecule has 0 radical (unpaired) electrons. The first kappa shape index (κ1) is 29.3. The average Bonchev–Trinajstić information content (AvgIpc) is 2.91.